The largest absolute Gasteiger partial charge is 0.372 e. The van der Waals surface area contributed by atoms with E-state index in [9.17, 15) is 4.39 Å². The van der Waals surface area contributed by atoms with Gasteiger partial charge in [-0.1, -0.05) is 6.07 Å². The third-order valence-corrected chi connectivity index (χ3v) is 5.07. The lowest BCUT2D eigenvalue weighted by molar-refractivity contribution is 0.0682. The molecule has 1 aliphatic rings. The predicted molar refractivity (Wildman–Crippen MR) is 87.4 cm³/mol. The fourth-order valence-corrected chi connectivity index (χ4v) is 3.29. The number of hydrogen-bond acceptors (Lipinski definition) is 3. The van der Waals surface area contributed by atoms with E-state index in [1.807, 2.05) is 20.0 Å². The van der Waals surface area contributed by atoms with Crippen LogP contribution in [0, 0.1) is 5.82 Å². The molecule has 118 valence electrons. The summed E-state index contributed by atoms with van der Waals surface area (Å²) in [7, 11) is 8.24. The van der Waals surface area contributed by atoms with E-state index in [1.165, 1.54) is 19.3 Å². The molecule has 2 rings (SSSR count). The molecule has 0 radical (unpaired) electrons. The number of nitrogens with one attached hydrogen (secondary N) is 1. The number of hydrogen-bond donors (Lipinski definition) is 1. The Morgan fingerprint density at radius 2 is 1.95 bits per heavy atom. The third-order valence-electron chi connectivity index (χ3n) is 5.07. The summed E-state index contributed by atoms with van der Waals surface area (Å²) in [6.45, 7) is 2.94. The van der Waals surface area contributed by atoms with E-state index in [1.54, 1.807) is 12.1 Å². The molecule has 0 aromatic heterocycles. The van der Waals surface area contributed by atoms with Crippen molar-refractivity contribution in [2.45, 2.75) is 37.8 Å². The van der Waals surface area contributed by atoms with Crippen molar-refractivity contribution in [3.63, 3.8) is 0 Å². The Morgan fingerprint density at radius 1 is 1.29 bits per heavy atom. The summed E-state index contributed by atoms with van der Waals surface area (Å²) in [5.41, 5.74) is 1.99. The minimum atomic E-state index is -0.131. The molecule has 0 bridgehead atoms. The monoisotopic (exact) mass is 293 g/mol. The zero-order valence-corrected chi connectivity index (χ0v) is 13.9. The Bertz CT molecular complexity index is 483. The molecule has 1 aromatic rings. The van der Waals surface area contributed by atoms with Gasteiger partial charge in [0.2, 0.25) is 0 Å². The van der Waals surface area contributed by atoms with E-state index in [0.717, 1.165) is 17.8 Å². The van der Waals surface area contributed by atoms with Crippen LogP contribution in [0.25, 0.3) is 0 Å². The SMILES string of the molecule is CNC(C)c1c(F)cccc1N(C)CC1(N(C)C)CCC1. The van der Waals surface area contributed by atoms with Crippen LogP contribution in [0.5, 0.6) is 0 Å². The highest BCUT2D eigenvalue weighted by Crippen LogP contribution is 2.38. The van der Waals surface area contributed by atoms with Crippen molar-refractivity contribution < 1.29 is 4.39 Å². The molecule has 0 aliphatic heterocycles. The van der Waals surface area contributed by atoms with Gasteiger partial charge in [-0.3, -0.25) is 0 Å². The van der Waals surface area contributed by atoms with Crippen LogP contribution in [0.1, 0.15) is 37.8 Å². The van der Waals surface area contributed by atoms with Gasteiger partial charge in [0.15, 0.2) is 0 Å². The summed E-state index contributed by atoms with van der Waals surface area (Å²) in [4.78, 5) is 4.54. The molecule has 0 amide bonds. The second-order valence-electron chi connectivity index (χ2n) is 6.51. The molecule has 0 saturated heterocycles. The minimum absolute atomic E-state index is 0.000321. The summed E-state index contributed by atoms with van der Waals surface area (Å²) in [6.07, 6.45) is 3.72. The zero-order chi connectivity index (χ0) is 15.6. The number of rotatable bonds is 6. The molecular weight excluding hydrogens is 265 g/mol. The van der Waals surface area contributed by atoms with Crippen LogP contribution in [-0.2, 0) is 0 Å². The Labute approximate surface area is 128 Å². The summed E-state index contributed by atoms with van der Waals surface area (Å²) in [5, 5.41) is 3.15. The topological polar surface area (TPSA) is 18.5 Å². The highest BCUT2D eigenvalue weighted by atomic mass is 19.1. The maximum Gasteiger partial charge on any atom is 0.130 e. The van der Waals surface area contributed by atoms with Gasteiger partial charge in [0.25, 0.3) is 0 Å². The predicted octanol–water partition coefficient (Wildman–Crippen LogP) is 3.03. The van der Waals surface area contributed by atoms with E-state index in [-0.39, 0.29) is 17.4 Å². The number of anilines is 1. The Kier molecular flexibility index (Phi) is 4.89. The van der Waals surface area contributed by atoms with E-state index in [2.05, 4.69) is 36.3 Å². The summed E-state index contributed by atoms with van der Waals surface area (Å²) >= 11 is 0. The summed E-state index contributed by atoms with van der Waals surface area (Å²) in [6, 6.07) is 5.37. The smallest absolute Gasteiger partial charge is 0.130 e. The van der Waals surface area contributed by atoms with Crippen molar-refractivity contribution in [3.8, 4) is 0 Å². The van der Waals surface area contributed by atoms with Gasteiger partial charge in [-0.2, -0.15) is 0 Å². The highest BCUT2D eigenvalue weighted by Gasteiger charge is 2.40. The lowest BCUT2D eigenvalue weighted by Crippen LogP contribution is -2.56. The quantitative estimate of drug-likeness (QED) is 0.870. The molecule has 1 fully saturated rings. The molecule has 1 unspecified atom stereocenters. The molecule has 1 aromatic carbocycles. The number of nitrogens with zero attached hydrogens (tertiary/aromatic N) is 2. The standard InChI is InChI=1S/C17H28FN3/c1-13(19-2)16-14(18)8-6-9-15(16)21(5)12-17(20(3)4)10-7-11-17/h6,8-9,13,19H,7,10-12H2,1-5H3. The highest BCUT2D eigenvalue weighted by molar-refractivity contribution is 5.55. The normalized spacial score (nSPS) is 18.4. The molecule has 3 nitrogen and oxygen atoms in total. The van der Waals surface area contributed by atoms with Gasteiger partial charge < -0.3 is 15.1 Å². The van der Waals surface area contributed by atoms with Crippen molar-refractivity contribution in [2.75, 3.05) is 39.6 Å². The first-order valence-corrected chi connectivity index (χ1v) is 7.75. The molecule has 1 aliphatic carbocycles. The van der Waals surface area contributed by atoms with Gasteiger partial charge in [0.05, 0.1) is 0 Å². The second-order valence-corrected chi connectivity index (χ2v) is 6.51. The van der Waals surface area contributed by atoms with Crippen LogP contribution in [0.3, 0.4) is 0 Å². The minimum Gasteiger partial charge on any atom is -0.372 e. The van der Waals surface area contributed by atoms with Crippen LogP contribution >= 0.6 is 0 Å². The Balaban J connectivity index is 2.27. The van der Waals surface area contributed by atoms with Crippen LogP contribution in [0.2, 0.25) is 0 Å². The molecule has 1 N–H and O–H groups in total. The van der Waals surface area contributed by atoms with Gasteiger partial charge in [0, 0.05) is 36.4 Å². The molecule has 21 heavy (non-hydrogen) atoms. The van der Waals surface area contributed by atoms with Crippen molar-refractivity contribution >= 4 is 5.69 Å². The first-order valence-electron chi connectivity index (χ1n) is 7.75. The van der Waals surface area contributed by atoms with Crippen LogP contribution in [0.4, 0.5) is 10.1 Å². The lowest BCUT2D eigenvalue weighted by Gasteiger charge is -2.49. The molecule has 0 heterocycles. The van der Waals surface area contributed by atoms with E-state index < -0.39 is 0 Å². The second kappa shape index (κ2) is 6.32. The van der Waals surface area contributed by atoms with E-state index in [0.29, 0.717) is 0 Å². The fourth-order valence-electron chi connectivity index (χ4n) is 3.29. The van der Waals surface area contributed by atoms with Gasteiger partial charge in [0.1, 0.15) is 5.82 Å². The maximum atomic E-state index is 14.3. The number of benzene rings is 1. The van der Waals surface area contributed by atoms with E-state index >= 15 is 0 Å². The number of halogens is 1. The van der Waals surface area contributed by atoms with Gasteiger partial charge in [-0.05, 0) is 59.5 Å². The van der Waals surface area contributed by atoms with E-state index in [4.69, 9.17) is 0 Å². The molecule has 0 spiro atoms. The van der Waals surface area contributed by atoms with Crippen LogP contribution in [-0.4, -0.2) is 45.2 Å². The summed E-state index contributed by atoms with van der Waals surface area (Å²) in [5.74, 6) is -0.131. The zero-order valence-electron chi connectivity index (χ0n) is 13.9. The van der Waals surface area contributed by atoms with Crippen molar-refractivity contribution in [3.05, 3.63) is 29.6 Å². The van der Waals surface area contributed by atoms with Crippen LogP contribution < -0.4 is 10.2 Å². The van der Waals surface area contributed by atoms with Gasteiger partial charge >= 0.3 is 0 Å². The Hall–Kier alpha value is -1.13. The Morgan fingerprint density at radius 3 is 2.43 bits per heavy atom. The first-order chi connectivity index (χ1) is 9.91. The van der Waals surface area contributed by atoms with Crippen molar-refractivity contribution in [2.24, 2.45) is 0 Å². The lowest BCUT2D eigenvalue weighted by atomic mass is 9.75. The summed E-state index contributed by atoms with van der Waals surface area (Å²) < 4.78 is 14.3. The molecular formula is C17H28FN3. The van der Waals surface area contributed by atoms with Gasteiger partial charge in [-0.25, -0.2) is 4.39 Å². The average molecular weight is 293 g/mol. The van der Waals surface area contributed by atoms with Crippen molar-refractivity contribution in [1.29, 1.82) is 0 Å². The average Bonchev–Trinajstić information content (AvgIpc) is 2.41. The number of likely N-dealkylation sites (N-methyl/N-ethyl adjacent to an activating group) is 2. The maximum absolute atomic E-state index is 14.3. The van der Waals surface area contributed by atoms with Crippen LogP contribution in [0.15, 0.2) is 18.2 Å². The third kappa shape index (κ3) is 3.06. The molecule has 1 atom stereocenters. The fraction of sp³-hybridized carbons (Fsp3) is 0.647. The first kappa shape index (κ1) is 16.2. The molecule has 1 saturated carbocycles. The molecule has 4 heteroatoms. The van der Waals surface area contributed by atoms with Gasteiger partial charge in [-0.15, -0.1) is 0 Å². The van der Waals surface area contributed by atoms with Crippen molar-refractivity contribution in [1.82, 2.24) is 10.2 Å².